The molecule has 1 heterocycles. The third-order valence-corrected chi connectivity index (χ3v) is 4.08. The van der Waals surface area contributed by atoms with Crippen LogP contribution in [0.5, 0.6) is 0 Å². The lowest BCUT2D eigenvalue weighted by molar-refractivity contribution is 0.204. The molecule has 0 spiro atoms. The Kier molecular flexibility index (Phi) is 3.05. The number of nitrogens with zero attached hydrogens (tertiary/aromatic N) is 2. The number of carbonyl (C=O) groups excluding carboxylic acids is 1. The van der Waals surface area contributed by atoms with Crippen LogP contribution in [0, 0.1) is 11.7 Å². The molecule has 0 aromatic heterocycles. The van der Waals surface area contributed by atoms with Crippen molar-refractivity contribution in [2.24, 2.45) is 16.6 Å². The number of rotatable bonds is 3. The summed E-state index contributed by atoms with van der Waals surface area (Å²) in [5.74, 6) is 0.498. The molecule has 1 aliphatic heterocycles. The molecule has 1 fully saturated rings. The van der Waals surface area contributed by atoms with E-state index in [9.17, 15) is 9.18 Å². The fourth-order valence-electron chi connectivity index (χ4n) is 2.30. The number of aliphatic imine (C=N–C) groups is 1. The molecule has 0 bridgehead atoms. The Bertz CT molecular complexity index is 571. The fraction of sp³-hybridized carbons (Fsp3) is 0.385. The van der Waals surface area contributed by atoms with Crippen molar-refractivity contribution in [1.29, 1.82) is 0 Å². The molecule has 1 aliphatic carbocycles. The molecule has 2 aliphatic rings. The molecule has 1 aromatic carbocycles. The molecule has 1 saturated carbocycles. The first-order valence-electron chi connectivity index (χ1n) is 6.16. The molecule has 2 amide bonds. The Morgan fingerprint density at radius 3 is 2.84 bits per heavy atom. The van der Waals surface area contributed by atoms with Crippen molar-refractivity contribution in [3.63, 3.8) is 0 Å². The smallest absolute Gasteiger partial charge is 0.346 e. The number of amides is 2. The molecule has 100 valence electrons. The van der Waals surface area contributed by atoms with Gasteiger partial charge in [0, 0.05) is 6.54 Å². The van der Waals surface area contributed by atoms with Gasteiger partial charge >= 0.3 is 6.03 Å². The highest BCUT2D eigenvalue weighted by atomic mass is 79.9. The van der Waals surface area contributed by atoms with Crippen LogP contribution >= 0.6 is 15.9 Å². The molecule has 0 saturated heterocycles. The molecule has 2 N–H and O–H groups in total. The normalized spacial score (nSPS) is 22.8. The summed E-state index contributed by atoms with van der Waals surface area (Å²) in [7, 11) is 0. The van der Waals surface area contributed by atoms with Crippen molar-refractivity contribution in [3.8, 4) is 0 Å². The number of benzene rings is 1. The topological polar surface area (TPSA) is 58.7 Å². The van der Waals surface area contributed by atoms with E-state index in [-0.39, 0.29) is 23.7 Å². The van der Waals surface area contributed by atoms with Gasteiger partial charge in [-0.15, -0.1) is 0 Å². The number of nitrogens with two attached hydrogens (primary N) is 1. The van der Waals surface area contributed by atoms with Gasteiger partial charge in [-0.25, -0.2) is 9.18 Å². The van der Waals surface area contributed by atoms with Gasteiger partial charge in [-0.1, -0.05) is 6.07 Å². The van der Waals surface area contributed by atoms with E-state index in [2.05, 4.69) is 20.9 Å². The van der Waals surface area contributed by atoms with E-state index in [1.54, 1.807) is 17.0 Å². The lowest BCUT2D eigenvalue weighted by Gasteiger charge is -2.24. The van der Waals surface area contributed by atoms with E-state index in [0.717, 1.165) is 18.4 Å². The van der Waals surface area contributed by atoms with Crippen molar-refractivity contribution in [1.82, 2.24) is 4.90 Å². The van der Waals surface area contributed by atoms with Crippen LogP contribution < -0.4 is 5.73 Å². The van der Waals surface area contributed by atoms with Gasteiger partial charge in [0.1, 0.15) is 17.7 Å². The zero-order valence-electron chi connectivity index (χ0n) is 10.1. The van der Waals surface area contributed by atoms with Crippen LogP contribution in [-0.4, -0.2) is 23.3 Å². The predicted molar refractivity (Wildman–Crippen MR) is 73.3 cm³/mol. The number of hydrogen-bond donors (Lipinski definition) is 1. The maximum absolute atomic E-state index is 13.3. The standard InChI is InChI=1S/C13H13BrFN3O/c14-9-5-8(3-4-10(9)15)11-12(16)17-13(19)18(11)6-7-1-2-7/h3-5,7,11H,1-2,6H2,(H2,16,17,19). The summed E-state index contributed by atoms with van der Waals surface area (Å²) in [5.41, 5.74) is 6.63. The number of carbonyl (C=O) groups is 1. The molecule has 0 radical (unpaired) electrons. The second-order valence-corrected chi connectivity index (χ2v) is 5.85. The molecular formula is C13H13BrFN3O. The highest BCUT2D eigenvalue weighted by Gasteiger charge is 2.38. The zero-order chi connectivity index (χ0) is 13.6. The number of urea groups is 1. The van der Waals surface area contributed by atoms with E-state index < -0.39 is 0 Å². The predicted octanol–water partition coefficient (Wildman–Crippen LogP) is 2.83. The highest BCUT2D eigenvalue weighted by Crippen LogP contribution is 2.36. The second kappa shape index (κ2) is 4.59. The largest absolute Gasteiger partial charge is 0.385 e. The van der Waals surface area contributed by atoms with Crippen molar-refractivity contribution in [3.05, 3.63) is 34.1 Å². The molecule has 6 heteroatoms. The van der Waals surface area contributed by atoms with E-state index >= 15 is 0 Å². The quantitative estimate of drug-likeness (QED) is 0.928. The molecule has 3 rings (SSSR count). The molecule has 19 heavy (non-hydrogen) atoms. The summed E-state index contributed by atoms with van der Waals surface area (Å²) in [6.07, 6.45) is 2.28. The average molecular weight is 326 g/mol. The number of halogens is 2. The van der Waals surface area contributed by atoms with Gasteiger partial charge in [0.2, 0.25) is 0 Å². The molecule has 1 atom stereocenters. The van der Waals surface area contributed by atoms with Gasteiger partial charge in [-0.05, 0) is 52.4 Å². The zero-order valence-corrected chi connectivity index (χ0v) is 11.7. The second-order valence-electron chi connectivity index (χ2n) is 4.99. The Balaban J connectivity index is 1.92. The van der Waals surface area contributed by atoms with E-state index in [4.69, 9.17) is 5.73 Å². The van der Waals surface area contributed by atoms with Crippen molar-refractivity contribution in [2.45, 2.75) is 18.9 Å². The minimum atomic E-state index is -0.370. The first kappa shape index (κ1) is 12.6. The summed E-state index contributed by atoms with van der Waals surface area (Å²) < 4.78 is 13.7. The first-order chi connectivity index (χ1) is 9.06. The van der Waals surface area contributed by atoms with Crippen LogP contribution in [0.15, 0.2) is 27.7 Å². The maximum Gasteiger partial charge on any atom is 0.346 e. The van der Waals surface area contributed by atoms with Gasteiger partial charge in [0.25, 0.3) is 0 Å². The Labute approximate surface area is 118 Å². The van der Waals surface area contributed by atoms with Gasteiger partial charge in [0.15, 0.2) is 0 Å². The van der Waals surface area contributed by atoms with Crippen LogP contribution in [0.4, 0.5) is 9.18 Å². The summed E-state index contributed by atoms with van der Waals surface area (Å²) in [6, 6.07) is 4.00. The minimum absolute atomic E-state index is 0.282. The highest BCUT2D eigenvalue weighted by molar-refractivity contribution is 9.10. The average Bonchev–Trinajstić information content (AvgIpc) is 3.11. The van der Waals surface area contributed by atoms with Crippen molar-refractivity contribution >= 4 is 27.8 Å². The van der Waals surface area contributed by atoms with Crippen LogP contribution in [0.2, 0.25) is 0 Å². The summed E-state index contributed by atoms with van der Waals surface area (Å²) in [4.78, 5) is 17.4. The van der Waals surface area contributed by atoms with Crippen molar-refractivity contribution < 1.29 is 9.18 Å². The molecule has 4 nitrogen and oxygen atoms in total. The lowest BCUT2D eigenvalue weighted by atomic mass is 10.1. The Hall–Kier alpha value is -1.43. The van der Waals surface area contributed by atoms with Gasteiger partial charge in [0.05, 0.1) is 4.47 Å². The third-order valence-electron chi connectivity index (χ3n) is 3.47. The van der Waals surface area contributed by atoms with Crippen LogP contribution in [0.3, 0.4) is 0 Å². The molecule has 1 unspecified atom stereocenters. The third kappa shape index (κ3) is 2.36. The van der Waals surface area contributed by atoms with Gasteiger partial charge in [-0.3, -0.25) is 0 Å². The lowest BCUT2D eigenvalue weighted by Crippen LogP contribution is -2.34. The van der Waals surface area contributed by atoms with Gasteiger partial charge in [-0.2, -0.15) is 4.99 Å². The monoisotopic (exact) mass is 325 g/mol. The van der Waals surface area contributed by atoms with Crippen LogP contribution in [0.25, 0.3) is 0 Å². The van der Waals surface area contributed by atoms with E-state index in [1.807, 2.05) is 0 Å². The van der Waals surface area contributed by atoms with E-state index in [0.29, 0.717) is 16.9 Å². The van der Waals surface area contributed by atoms with Crippen molar-refractivity contribution in [2.75, 3.05) is 6.54 Å². The fourth-order valence-corrected chi connectivity index (χ4v) is 2.70. The minimum Gasteiger partial charge on any atom is -0.385 e. The number of hydrogen-bond acceptors (Lipinski definition) is 2. The summed E-state index contributed by atoms with van der Waals surface area (Å²) in [5, 5.41) is 0. The molecular weight excluding hydrogens is 313 g/mol. The Morgan fingerprint density at radius 2 is 2.21 bits per heavy atom. The maximum atomic E-state index is 13.3. The van der Waals surface area contributed by atoms with Crippen LogP contribution in [-0.2, 0) is 0 Å². The van der Waals surface area contributed by atoms with E-state index in [1.165, 1.54) is 6.07 Å². The molecule has 1 aromatic rings. The summed E-state index contributed by atoms with van der Waals surface area (Å²) >= 11 is 3.15. The number of amidine groups is 1. The van der Waals surface area contributed by atoms with Crippen LogP contribution in [0.1, 0.15) is 24.4 Å². The first-order valence-corrected chi connectivity index (χ1v) is 6.95. The van der Waals surface area contributed by atoms with Gasteiger partial charge < -0.3 is 10.6 Å². The Morgan fingerprint density at radius 1 is 1.47 bits per heavy atom. The summed E-state index contributed by atoms with van der Waals surface area (Å²) in [6.45, 7) is 0.669. The SMILES string of the molecule is NC1=NC(=O)N(CC2CC2)C1c1ccc(F)c(Br)c1.